The Morgan fingerprint density at radius 1 is 1.00 bits per heavy atom. The van der Waals surface area contributed by atoms with Crippen LogP contribution in [0.25, 0.3) is 0 Å². The minimum absolute atomic E-state index is 0.624. The minimum atomic E-state index is 0.624. The molecule has 1 saturated heterocycles. The summed E-state index contributed by atoms with van der Waals surface area (Å²) >= 11 is 0. The van der Waals surface area contributed by atoms with Gasteiger partial charge in [-0.1, -0.05) is 18.2 Å². The Morgan fingerprint density at radius 3 is 2.48 bits per heavy atom. The molecule has 21 heavy (non-hydrogen) atoms. The van der Waals surface area contributed by atoms with Gasteiger partial charge in [0, 0.05) is 18.8 Å². The Morgan fingerprint density at radius 2 is 1.76 bits per heavy atom. The summed E-state index contributed by atoms with van der Waals surface area (Å²) in [6.45, 7) is 2.77. The van der Waals surface area contributed by atoms with Gasteiger partial charge in [0.25, 0.3) is 0 Å². The Labute approximate surface area is 125 Å². The molecule has 1 unspecified atom stereocenters. The summed E-state index contributed by atoms with van der Waals surface area (Å²) in [5, 5.41) is 3.47. The van der Waals surface area contributed by atoms with Crippen LogP contribution >= 0.6 is 0 Å². The van der Waals surface area contributed by atoms with Crippen molar-refractivity contribution in [3.63, 3.8) is 0 Å². The van der Waals surface area contributed by atoms with E-state index in [1.807, 2.05) is 42.5 Å². The lowest BCUT2D eigenvalue weighted by atomic mass is 10.0. The number of para-hydroxylation sites is 1. The Balaban J connectivity index is 1.51. The van der Waals surface area contributed by atoms with E-state index in [-0.39, 0.29) is 0 Å². The molecule has 1 aliphatic heterocycles. The number of nitrogens with one attached hydrogen (secondary N) is 1. The first-order valence-corrected chi connectivity index (χ1v) is 7.55. The monoisotopic (exact) mass is 283 g/mol. The van der Waals surface area contributed by atoms with Gasteiger partial charge >= 0.3 is 0 Å². The molecule has 0 aromatic heterocycles. The molecule has 0 saturated carbocycles. The molecule has 0 aliphatic carbocycles. The third kappa shape index (κ3) is 4.23. The molecule has 1 heterocycles. The van der Waals surface area contributed by atoms with Gasteiger partial charge in [0.15, 0.2) is 0 Å². The quantitative estimate of drug-likeness (QED) is 0.886. The van der Waals surface area contributed by atoms with Crippen LogP contribution in [-0.2, 0) is 4.74 Å². The number of ether oxygens (including phenoxy) is 2. The van der Waals surface area contributed by atoms with E-state index in [4.69, 9.17) is 9.47 Å². The van der Waals surface area contributed by atoms with E-state index < -0.39 is 0 Å². The molecule has 1 aliphatic rings. The molecule has 1 N–H and O–H groups in total. The zero-order valence-electron chi connectivity index (χ0n) is 12.1. The number of hydrogen-bond acceptors (Lipinski definition) is 3. The van der Waals surface area contributed by atoms with Crippen molar-refractivity contribution in [1.29, 1.82) is 0 Å². The van der Waals surface area contributed by atoms with Crippen molar-refractivity contribution in [3.8, 4) is 11.5 Å². The largest absolute Gasteiger partial charge is 0.457 e. The number of benzene rings is 2. The SMILES string of the molecule is c1ccc(Oc2ccc(NCC3CCCOC3)cc2)cc1. The van der Waals surface area contributed by atoms with Crippen LogP contribution in [0.4, 0.5) is 5.69 Å². The molecule has 0 bridgehead atoms. The highest BCUT2D eigenvalue weighted by molar-refractivity contribution is 5.47. The standard InChI is InChI=1S/C18H21NO2/c1-2-6-17(7-3-1)21-18-10-8-16(9-11-18)19-13-15-5-4-12-20-14-15/h1-3,6-11,15,19H,4-5,12-14H2. The molecule has 2 aromatic rings. The molecule has 3 heteroatoms. The molecule has 2 aromatic carbocycles. The lowest BCUT2D eigenvalue weighted by Crippen LogP contribution is -2.24. The first-order valence-electron chi connectivity index (χ1n) is 7.55. The van der Waals surface area contributed by atoms with Crippen LogP contribution in [-0.4, -0.2) is 19.8 Å². The molecule has 0 spiro atoms. The smallest absolute Gasteiger partial charge is 0.127 e. The zero-order chi connectivity index (χ0) is 14.3. The van der Waals surface area contributed by atoms with Crippen molar-refractivity contribution in [3.05, 3.63) is 54.6 Å². The average Bonchev–Trinajstić information content (AvgIpc) is 2.56. The lowest BCUT2D eigenvalue weighted by molar-refractivity contribution is 0.0595. The second-order valence-corrected chi connectivity index (χ2v) is 5.40. The fraction of sp³-hybridized carbons (Fsp3) is 0.333. The van der Waals surface area contributed by atoms with Crippen LogP contribution < -0.4 is 10.1 Å². The van der Waals surface area contributed by atoms with Crippen LogP contribution in [0.15, 0.2) is 54.6 Å². The summed E-state index contributed by atoms with van der Waals surface area (Å²) in [5.41, 5.74) is 1.13. The molecule has 0 radical (unpaired) electrons. The van der Waals surface area contributed by atoms with Gasteiger partial charge in [-0.2, -0.15) is 0 Å². The van der Waals surface area contributed by atoms with Crippen molar-refractivity contribution in [2.45, 2.75) is 12.8 Å². The zero-order valence-corrected chi connectivity index (χ0v) is 12.1. The lowest BCUT2D eigenvalue weighted by Gasteiger charge is -2.22. The highest BCUT2D eigenvalue weighted by Crippen LogP contribution is 2.23. The summed E-state index contributed by atoms with van der Waals surface area (Å²) in [6, 6.07) is 17.9. The molecule has 0 amide bonds. The average molecular weight is 283 g/mol. The second-order valence-electron chi connectivity index (χ2n) is 5.40. The maximum atomic E-state index is 5.78. The summed E-state index contributed by atoms with van der Waals surface area (Å²) in [5.74, 6) is 2.34. The van der Waals surface area contributed by atoms with Gasteiger partial charge in [-0.05, 0) is 55.2 Å². The van der Waals surface area contributed by atoms with Crippen molar-refractivity contribution in [1.82, 2.24) is 0 Å². The van der Waals surface area contributed by atoms with Gasteiger partial charge in [0.05, 0.1) is 6.61 Å². The van der Waals surface area contributed by atoms with Crippen LogP contribution in [0.2, 0.25) is 0 Å². The number of rotatable bonds is 5. The fourth-order valence-electron chi connectivity index (χ4n) is 2.50. The second kappa shape index (κ2) is 7.14. The van der Waals surface area contributed by atoms with Crippen LogP contribution in [0.1, 0.15) is 12.8 Å². The fourth-order valence-corrected chi connectivity index (χ4v) is 2.50. The Kier molecular flexibility index (Phi) is 4.74. The molecule has 1 atom stereocenters. The number of hydrogen-bond donors (Lipinski definition) is 1. The first-order chi connectivity index (χ1) is 10.4. The predicted octanol–water partition coefficient (Wildman–Crippen LogP) is 4.32. The van der Waals surface area contributed by atoms with Gasteiger partial charge in [-0.3, -0.25) is 0 Å². The van der Waals surface area contributed by atoms with E-state index in [9.17, 15) is 0 Å². The Bertz CT molecular complexity index is 533. The molecular weight excluding hydrogens is 262 g/mol. The van der Waals surface area contributed by atoms with Crippen LogP contribution in [0.3, 0.4) is 0 Å². The molecule has 110 valence electrons. The van der Waals surface area contributed by atoms with Crippen LogP contribution in [0.5, 0.6) is 11.5 Å². The maximum Gasteiger partial charge on any atom is 0.127 e. The van der Waals surface area contributed by atoms with E-state index in [2.05, 4.69) is 17.4 Å². The third-order valence-corrected chi connectivity index (χ3v) is 3.68. The van der Waals surface area contributed by atoms with Crippen molar-refractivity contribution in [2.75, 3.05) is 25.1 Å². The summed E-state index contributed by atoms with van der Waals surface area (Å²) in [6.07, 6.45) is 2.43. The van der Waals surface area contributed by atoms with E-state index in [0.29, 0.717) is 5.92 Å². The predicted molar refractivity (Wildman–Crippen MR) is 85.0 cm³/mol. The summed E-state index contributed by atoms with van der Waals surface area (Å²) < 4.78 is 11.3. The van der Waals surface area contributed by atoms with E-state index in [1.54, 1.807) is 0 Å². The van der Waals surface area contributed by atoms with E-state index >= 15 is 0 Å². The molecular formula is C18H21NO2. The summed E-state index contributed by atoms with van der Waals surface area (Å²) in [7, 11) is 0. The van der Waals surface area contributed by atoms with Gasteiger partial charge in [0.2, 0.25) is 0 Å². The highest BCUT2D eigenvalue weighted by atomic mass is 16.5. The topological polar surface area (TPSA) is 30.5 Å². The maximum absolute atomic E-state index is 5.78. The van der Waals surface area contributed by atoms with Crippen molar-refractivity contribution in [2.24, 2.45) is 5.92 Å². The molecule has 3 rings (SSSR count). The Hall–Kier alpha value is -2.00. The normalized spacial score (nSPS) is 18.2. The summed E-state index contributed by atoms with van der Waals surface area (Å²) in [4.78, 5) is 0. The molecule has 1 fully saturated rings. The van der Waals surface area contributed by atoms with Gasteiger partial charge in [-0.25, -0.2) is 0 Å². The van der Waals surface area contributed by atoms with E-state index in [0.717, 1.165) is 36.9 Å². The van der Waals surface area contributed by atoms with Crippen molar-refractivity contribution >= 4 is 5.69 Å². The van der Waals surface area contributed by atoms with Gasteiger partial charge in [0.1, 0.15) is 11.5 Å². The first kappa shape index (κ1) is 14.0. The third-order valence-electron chi connectivity index (χ3n) is 3.68. The highest BCUT2D eigenvalue weighted by Gasteiger charge is 2.13. The minimum Gasteiger partial charge on any atom is -0.457 e. The van der Waals surface area contributed by atoms with Gasteiger partial charge < -0.3 is 14.8 Å². The van der Waals surface area contributed by atoms with E-state index in [1.165, 1.54) is 12.8 Å². The van der Waals surface area contributed by atoms with Crippen LogP contribution in [0, 0.1) is 5.92 Å². The molecule has 3 nitrogen and oxygen atoms in total. The van der Waals surface area contributed by atoms with Gasteiger partial charge in [-0.15, -0.1) is 0 Å². The number of anilines is 1. The van der Waals surface area contributed by atoms with Crippen molar-refractivity contribution < 1.29 is 9.47 Å².